The molecule has 3 aromatic rings. The molecule has 0 saturated carbocycles. The van der Waals surface area contributed by atoms with Crippen molar-refractivity contribution in [2.75, 3.05) is 12.0 Å². The van der Waals surface area contributed by atoms with Crippen LogP contribution in [0.15, 0.2) is 78.4 Å². The van der Waals surface area contributed by atoms with Crippen LogP contribution in [0.1, 0.15) is 36.6 Å². The van der Waals surface area contributed by atoms with E-state index in [0.717, 1.165) is 12.0 Å². The van der Waals surface area contributed by atoms with Crippen LogP contribution in [0.3, 0.4) is 0 Å². The molecule has 1 saturated heterocycles. The van der Waals surface area contributed by atoms with Gasteiger partial charge in [0.1, 0.15) is 17.3 Å². The maximum atomic E-state index is 13.3. The number of hydrogen-bond donors (Lipinski definition) is 1. The molecule has 35 heavy (non-hydrogen) atoms. The molecule has 1 atom stereocenters. The number of amides is 1. The molecular weight excluding hydrogens is 446 g/mol. The van der Waals surface area contributed by atoms with Crippen LogP contribution in [0.5, 0.6) is 11.5 Å². The highest BCUT2D eigenvalue weighted by molar-refractivity contribution is 6.51. The molecule has 7 nitrogen and oxygen atoms in total. The van der Waals surface area contributed by atoms with E-state index >= 15 is 0 Å². The van der Waals surface area contributed by atoms with E-state index in [1.165, 1.54) is 18.9 Å². The minimum atomic E-state index is -0.955. The number of aliphatic hydroxyl groups is 1. The molecule has 1 heterocycles. The van der Waals surface area contributed by atoms with Gasteiger partial charge < -0.3 is 14.6 Å². The van der Waals surface area contributed by atoms with Crippen LogP contribution in [0, 0.1) is 0 Å². The van der Waals surface area contributed by atoms with Gasteiger partial charge in [0.2, 0.25) is 0 Å². The molecule has 0 spiro atoms. The fourth-order valence-corrected chi connectivity index (χ4v) is 4.14. The number of anilines is 1. The Labute approximate surface area is 203 Å². The molecule has 1 unspecified atom stereocenters. The zero-order valence-electron chi connectivity index (χ0n) is 19.6. The van der Waals surface area contributed by atoms with Gasteiger partial charge >= 0.3 is 5.97 Å². The normalized spacial score (nSPS) is 16.9. The predicted molar refractivity (Wildman–Crippen MR) is 131 cm³/mol. The van der Waals surface area contributed by atoms with Crippen LogP contribution in [0.2, 0.25) is 0 Å². The van der Waals surface area contributed by atoms with Crippen molar-refractivity contribution in [3.8, 4) is 11.5 Å². The molecule has 0 aliphatic carbocycles. The standard InChI is InChI=1S/C28H25NO6/c1-4-18-11-13-19(14-12-18)26(31)24-25(20-7-5-10-23(15-20)35-17(2)30)29(28(33)27(24)32)21-8-6-9-22(16-21)34-3/h5-16,25,31H,4H2,1-3H3/b26-24+. The summed E-state index contributed by atoms with van der Waals surface area (Å²) in [5.41, 5.74) is 2.37. The Bertz CT molecular complexity index is 1330. The number of carbonyl (C=O) groups is 3. The van der Waals surface area contributed by atoms with Gasteiger partial charge in [-0.15, -0.1) is 0 Å². The average Bonchev–Trinajstić information content (AvgIpc) is 3.13. The minimum absolute atomic E-state index is 0.0537. The summed E-state index contributed by atoms with van der Waals surface area (Å²) in [7, 11) is 1.51. The average molecular weight is 472 g/mol. The van der Waals surface area contributed by atoms with Gasteiger partial charge in [-0.1, -0.05) is 49.4 Å². The number of methoxy groups -OCH3 is 1. The number of ether oxygens (including phenoxy) is 2. The topological polar surface area (TPSA) is 93.1 Å². The lowest BCUT2D eigenvalue weighted by atomic mass is 9.94. The summed E-state index contributed by atoms with van der Waals surface area (Å²) in [6.45, 7) is 3.31. The second kappa shape index (κ2) is 9.85. The van der Waals surface area contributed by atoms with Crippen LogP contribution < -0.4 is 14.4 Å². The molecule has 7 heteroatoms. The van der Waals surface area contributed by atoms with Crippen molar-refractivity contribution in [1.29, 1.82) is 0 Å². The van der Waals surface area contributed by atoms with Gasteiger partial charge in [-0.3, -0.25) is 19.3 Å². The maximum Gasteiger partial charge on any atom is 0.308 e. The summed E-state index contributed by atoms with van der Waals surface area (Å²) < 4.78 is 10.5. The molecule has 1 N–H and O–H groups in total. The zero-order valence-corrected chi connectivity index (χ0v) is 19.6. The first kappa shape index (κ1) is 23.8. The SMILES string of the molecule is CCc1ccc(/C(O)=C2\C(=O)C(=O)N(c3cccc(OC)c3)C2c2cccc(OC(C)=O)c2)cc1. The fraction of sp³-hybridized carbons (Fsp3) is 0.179. The summed E-state index contributed by atoms with van der Waals surface area (Å²) in [6.07, 6.45) is 0.824. The van der Waals surface area contributed by atoms with E-state index in [-0.39, 0.29) is 17.1 Å². The monoisotopic (exact) mass is 471 g/mol. The number of hydrogen-bond acceptors (Lipinski definition) is 6. The van der Waals surface area contributed by atoms with Crippen LogP contribution in [0.25, 0.3) is 5.76 Å². The summed E-state index contributed by atoms with van der Waals surface area (Å²) in [5, 5.41) is 11.3. The Morgan fingerprint density at radius 3 is 2.31 bits per heavy atom. The summed E-state index contributed by atoms with van der Waals surface area (Å²) >= 11 is 0. The van der Waals surface area contributed by atoms with Crippen LogP contribution in [-0.4, -0.2) is 29.9 Å². The third kappa shape index (κ3) is 4.66. The number of carbonyl (C=O) groups excluding carboxylic acids is 3. The van der Waals surface area contributed by atoms with Crippen molar-refractivity contribution in [3.63, 3.8) is 0 Å². The van der Waals surface area contributed by atoms with Gasteiger partial charge in [0.25, 0.3) is 11.7 Å². The lowest BCUT2D eigenvalue weighted by Gasteiger charge is -2.26. The third-order valence-corrected chi connectivity index (χ3v) is 5.85. The summed E-state index contributed by atoms with van der Waals surface area (Å²) in [5.74, 6) is -1.61. The Morgan fingerprint density at radius 2 is 1.66 bits per heavy atom. The van der Waals surface area contributed by atoms with Gasteiger partial charge in [0.05, 0.1) is 18.7 Å². The molecule has 178 valence electrons. The van der Waals surface area contributed by atoms with E-state index in [4.69, 9.17) is 9.47 Å². The first-order chi connectivity index (χ1) is 16.8. The molecule has 0 radical (unpaired) electrons. The van der Waals surface area contributed by atoms with Crippen molar-refractivity contribution >= 4 is 29.1 Å². The van der Waals surface area contributed by atoms with E-state index in [1.54, 1.807) is 60.7 Å². The lowest BCUT2D eigenvalue weighted by molar-refractivity contribution is -0.132. The van der Waals surface area contributed by atoms with Crippen molar-refractivity contribution in [1.82, 2.24) is 0 Å². The highest BCUT2D eigenvalue weighted by Crippen LogP contribution is 2.43. The van der Waals surface area contributed by atoms with Crippen molar-refractivity contribution < 1.29 is 29.0 Å². The van der Waals surface area contributed by atoms with E-state index < -0.39 is 23.7 Å². The molecule has 1 amide bonds. The fourth-order valence-electron chi connectivity index (χ4n) is 4.14. The molecule has 1 aliphatic heterocycles. The molecule has 3 aromatic carbocycles. The predicted octanol–water partition coefficient (Wildman–Crippen LogP) is 4.81. The molecule has 4 rings (SSSR count). The van der Waals surface area contributed by atoms with Gasteiger partial charge in [0.15, 0.2) is 0 Å². The number of benzene rings is 3. The van der Waals surface area contributed by atoms with E-state index in [0.29, 0.717) is 22.6 Å². The molecule has 0 bridgehead atoms. The number of rotatable bonds is 6. The first-order valence-electron chi connectivity index (χ1n) is 11.2. The van der Waals surface area contributed by atoms with Crippen molar-refractivity contribution in [3.05, 3.63) is 95.1 Å². The number of aliphatic hydroxyl groups excluding tert-OH is 1. The summed E-state index contributed by atoms with van der Waals surface area (Å²) in [4.78, 5) is 39.4. The largest absolute Gasteiger partial charge is 0.507 e. The zero-order chi connectivity index (χ0) is 25.1. The smallest absolute Gasteiger partial charge is 0.308 e. The second-order valence-electron chi connectivity index (χ2n) is 8.09. The number of aryl methyl sites for hydroxylation is 1. The molecule has 1 fully saturated rings. The number of esters is 1. The van der Waals surface area contributed by atoms with E-state index in [2.05, 4.69) is 0 Å². The van der Waals surface area contributed by atoms with Crippen LogP contribution in [0.4, 0.5) is 5.69 Å². The minimum Gasteiger partial charge on any atom is -0.507 e. The number of Topliss-reactive ketones (excluding diaryl/α,β-unsaturated/α-hetero) is 1. The van der Waals surface area contributed by atoms with Gasteiger partial charge in [-0.05, 0) is 41.8 Å². The molecular formula is C28H25NO6. The quantitative estimate of drug-likeness (QED) is 0.182. The highest BCUT2D eigenvalue weighted by atomic mass is 16.5. The molecule has 0 aromatic heterocycles. The Morgan fingerprint density at radius 1 is 0.971 bits per heavy atom. The van der Waals surface area contributed by atoms with Crippen LogP contribution >= 0.6 is 0 Å². The lowest BCUT2D eigenvalue weighted by Crippen LogP contribution is -2.29. The second-order valence-corrected chi connectivity index (χ2v) is 8.09. The highest BCUT2D eigenvalue weighted by Gasteiger charge is 2.47. The van der Waals surface area contributed by atoms with E-state index in [1.807, 2.05) is 19.1 Å². The molecule has 1 aliphatic rings. The van der Waals surface area contributed by atoms with Crippen molar-refractivity contribution in [2.45, 2.75) is 26.3 Å². The number of nitrogens with zero attached hydrogens (tertiary/aromatic N) is 1. The maximum absolute atomic E-state index is 13.3. The Hall–Kier alpha value is -4.39. The number of ketones is 1. The van der Waals surface area contributed by atoms with E-state index in [9.17, 15) is 19.5 Å². The Kier molecular flexibility index (Phi) is 6.68. The first-order valence-corrected chi connectivity index (χ1v) is 11.2. The van der Waals surface area contributed by atoms with Gasteiger partial charge in [-0.2, -0.15) is 0 Å². The van der Waals surface area contributed by atoms with Gasteiger partial charge in [0, 0.05) is 24.2 Å². The third-order valence-electron chi connectivity index (χ3n) is 5.85. The Balaban J connectivity index is 1.92. The van der Waals surface area contributed by atoms with Crippen molar-refractivity contribution in [2.24, 2.45) is 0 Å². The summed E-state index contributed by atoms with van der Waals surface area (Å²) in [6, 6.07) is 19.5. The van der Waals surface area contributed by atoms with Gasteiger partial charge in [-0.25, -0.2) is 0 Å². The van der Waals surface area contributed by atoms with Crippen LogP contribution in [-0.2, 0) is 20.8 Å².